The van der Waals surface area contributed by atoms with Crippen LogP contribution < -0.4 is 9.80 Å². The van der Waals surface area contributed by atoms with Crippen LogP contribution in [0.4, 0.5) is 11.4 Å². The van der Waals surface area contributed by atoms with Crippen LogP contribution in [-0.2, 0) is 0 Å². The molecule has 0 unspecified atom stereocenters. The average molecular weight is 266 g/mol. The lowest BCUT2D eigenvalue weighted by Gasteiger charge is -2.37. The summed E-state index contributed by atoms with van der Waals surface area (Å²) in [5.41, 5.74) is 3.10. The second kappa shape index (κ2) is 5.78. The van der Waals surface area contributed by atoms with Crippen LogP contribution >= 0.6 is 0 Å². The number of hydrogen-bond donors (Lipinski definition) is 0. The first kappa shape index (κ1) is 12.7. The zero-order chi connectivity index (χ0) is 13.8. The van der Waals surface area contributed by atoms with Crippen molar-refractivity contribution in [3.05, 3.63) is 60.2 Å². The number of piperazine rings is 1. The van der Waals surface area contributed by atoms with Gasteiger partial charge in [0, 0.05) is 43.1 Å². The van der Waals surface area contributed by atoms with Crippen LogP contribution in [0, 0.1) is 0 Å². The summed E-state index contributed by atoms with van der Waals surface area (Å²) in [5.74, 6) is 0. The first-order valence-electron chi connectivity index (χ1n) is 6.97. The van der Waals surface area contributed by atoms with Gasteiger partial charge in [-0.1, -0.05) is 30.3 Å². The number of nitrogens with zero attached hydrogens (tertiary/aromatic N) is 2. The van der Waals surface area contributed by atoms with Crippen molar-refractivity contribution in [2.24, 2.45) is 0 Å². The number of aldehydes is 1. The van der Waals surface area contributed by atoms with Crippen molar-refractivity contribution in [3.8, 4) is 0 Å². The van der Waals surface area contributed by atoms with E-state index in [9.17, 15) is 4.79 Å². The van der Waals surface area contributed by atoms with Crippen LogP contribution in [0.2, 0.25) is 0 Å². The van der Waals surface area contributed by atoms with Gasteiger partial charge in [0.15, 0.2) is 6.29 Å². The van der Waals surface area contributed by atoms with Crippen molar-refractivity contribution < 1.29 is 4.79 Å². The van der Waals surface area contributed by atoms with Gasteiger partial charge in [0.2, 0.25) is 0 Å². The minimum Gasteiger partial charge on any atom is -0.368 e. The second-order valence-corrected chi connectivity index (χ2v) is 4.99. The molecule has 1 fully saturated rings. The normalized spacial score (nSPS) is 15.2. The van der Waals surface area contributed by atoms with Crippen molar-refractivity contribution >= 4 is 17.7 Å². The Morgan fingerprint density at radius 1 is 0.750 bits per heavy atom. The minimum absolute atomic E-state index is 0.778. The van der Waals surface area contributed by atoms with Gasteiger partial charge in [-0.25, -0.2) is 0 Å². The molecule has 0 bridgehead atoms. The van der Waals surface area contributed by atoms with Gasteiger partial charge in [-0.3, -0.25) is 4.79 Å². The van der Waals surface area contributed by atoms with Crippen molar-refractivity contribution in [1.29, 1.82) is 0 Å². The van der Waals surface area contributed by atoms with Gasteiger partial charge in [-0.05, 0) is 24.3 Å². The summed E-state index contributed by atoms with van der Waals surface area (Å²) in [6.07, 6.45) is 0.943. The molecule has 0 N–H and O–H groups in total. The Kier molecular flexibility index (Phi) is 3.68. The monoisotopic (exact) mass is 266 g/mol. The molecule has 3 heteroatoms. The van der Waals surface area contributed by atoms with Crippen molar-refractivity contribution in [2.45, 2.75) is 0 Å². The molecule has 0 amide bonds. The average Bonchev–Trinajstić information content (AvgIpc) is 2.56. The molecule has 0 aliphatic carbocycles. The standard InChI is InChI=1S/C17H18N2O/c20-14-15-6-4-5-9-17(15)19-12-10-18(11-13-19)16-7-2-1-3-8-16/h1-9,14H,10-13H2. The molecule has 0 radical (unpaired) electrons. The summed E-state index contributed by atoms with van der Waals surface area (Å²) in [5, 5.41) is 0. The molecule has 1 saturated heterocycles. The summed E-state index contributed by atoms with van der Waals surface area (Å²) in [7, 11) is 0. The predicted molar refractivity (Wildman–Crippen MR) is 82.7 cm³/mol. The summed E-state index contributed by atoms with van der Waals surface area (Å²) in [4.78, 5) is 15.8. The molecule has 0 saturated carbocycles. The number of rotatable bonds is 3. The van der Waals surface area contributed by atoms with Gasteiger partial charge < -0.3 is 9.80 Å². The first-order chi connectivity index (χ1) is 9.88. The molecule has 20 heavy (non-hydrogen) atoms. The fourth-order valence-electron chi connectivity index (χ4n) is 2.72. The van der Waals surface area contributed by atoms with Gasteiger partial charge in [-0.2, -0.15) is 0 Å². The largest absolute Gasteiger partial charge is 0.368 e. The molecule has 1 aliphatic rings. The lowest BCUT2D eigenvalue weighted by atomic mass is 10.1. The maximum Gasteiger partial charge on any atom is 0.152 e. The Morgan fingerprint density at radius 3 is 2.05 bits per heavy atom. The summed E-state index contributed by atoms with van der Waals surface area (Å²) < 4.78 is 0. The highest BCUT2D eigenvalue weighted by Crippen LogP contribution is 2.22. The lowest BCUT2D eigenvalue weighted by molar-refractivity contribution is 0.112. The van der Waals surface area contributed by atoms with E-state index in [4.69, 9.17) is 0 Å². The van der Waals surface area contributed by atoms with E-state index < -0.39 is 0 Å². The van der Waals surface area contributed by atoms with Gasteiger partial charge in [-0.15, -0.1) is 0 Å². The maximum atomic E-state index is 11.1. The molecule has 0 spiro atoms. The fourth-order valence-corrected chi connectivity index (χ4v) is 2.72. The highest BCUT2D eigenvalue weighted by molar-refractivity contribution is 5.84. The van der Waals surface area contributed by atoms with Crippen LogP contribution in [0.25, 0.3) is 0 Å². The zero-order valence-corrected chi connectivity index (χ0v) is 11.4. The van der Waals surface area contributed by atoms with E-state index in [2.05, 4.69) is 34.1 Å². The molecule has 0 aromatic heterocycles. The smallest absolute Gasteiger partial charge is 0.152 e. The third-order valence-corrected chi connectivity index (χ3v) is 3.81. The fraction of sp³-hybridized carbons (Fsp3) is 0.235. The molecular weight excluding hydrogens is 248 g/mol. The van der Waals surface area contributed by atoms with E-state index in [-0.39, 0.29) is 0 Å². The Bertz CT molecular complexity index is 575. The van der Waals surface area contributed by atoms with Crippen molar-refractivity contribution in [2.75, 3.05) is 36.0 Å². The molecule has 2 aromatic carbocycles. The minimum atomic E-state index is 0.778. The summed E-state index contributed by atoms with van der Waals surface area (Å²) >= 11 is 0. The SMILES string of the molecule is O=Cc1ccccc1N1CCN(c2ccccc2)CC1. The molecular formula is C17H18N2O. The summed E-state index contributed by atoms with van der Waals surface area (Å²) in [6.45, 7) is 3.86. The molecule has 3 rings (SSSR count). The van der Waals surface area contributed by atoms with Gasteiger partial charge in [0.1, 0.15) is 0 Å². The number of para-hydroxylation sites is 2. The highest BCUT2D eigenvalue weighted by atomic mass is 16.1. The third kappa shape index (κ3) is 2.52. The molecule has 0 atom stereocenters. The lowest BCUT2D eigenvalue weighted by Crippen LogP contribution is -2.46. The summed E-state index contributed by atoms with van der Waals surface area (Å²) in [6, 6.07) is 18.3. The second-order valence-electron chi connectivity index (χ2n) is 4.99. The van der Waals surface area contributed by atoms with E-state index in [1.165, 1.54) is 5.69 Å². The first-order valence-corrected chi connectivity index (χ1v) is 6.97. The van der Waals surface area contributed by atoms with Crippen LogP contribution in [-0.4, -0.2) is 32.5 Å². The van der Waals surface area contributed by atoms with E-state index in [1.807, 2.05) is 30.3 Å². The highest BCUT2D eigenvalue weighted by Gasteiger charge is 2.18. The quantitative estimate of drug-likeness (QED) is 0.798. The zero-order valence-electron chi connectivity index (χ0n) is 11.4. The van der Waals surface area contributed by atoms with Crippen LogP contribution in [0.3, 0.4) is 0 Å². The molecule has 1 heterocycles. The number of carbonyl (C=O) groups is 1. The molecule has 3 nitrogen and oxygen atoms in total. The van der Waals surface area contributed by atoms with Gasteiger partial charge in [0.05, 0.1) is 0 Å². The van der Waals surface area contributed by atoms with E-state index in [1.54, 1.807) is 0 Å². The van der Waals surface area contributed by atoms with Crippen LogP contribution in [0.15, 0.2) is 54.6 Å². The maximum absolute atomic E-state index is 11.1. The predicted octanol–water partition coefficient (Wildman–Crippen LogP) is 2.83. The number of anilines is 2. The van der Waals surface area contributed by atoms with E-state index in [0.717, 1.165) is 43.7 Å². The third-order valence-electron chi connectivity index (χ3n) is 3.81. The van der Waals surface area contributed by atoms with E-state index >= 15 is 0 Å². The van der Waals surface area contributed by atoms with E-state index in [0.29, 0.717) is 0 Å². The molecule has 2 aromatic rings. The molecule has 1 aliphatic heterocycles. The molecule has 102 valence electrons. The van der Waals surface area contributed by atoms with Gasteiger partial charge >= 0.3 is 0 Å². The van der Waals surface area contributed by atoms with Crippen molar-refractivity contribution in [3.63, 3.8) is 0 Å². The Labute approximate surface area is 119 Å². The van der Waals surface area contributed by atoms with Gasteiger partial charge in [0.25, 0.3) is 0 Å². The number of carbonyl (C=O) groups excluding carboxylic acids is 1. The Hall–Kier alpha value is -2.29. The van der Waals surface area contributed by atoms with Crippen LogP contribution in [0.5, 0.6) is 0 Å². The topological polar surface area (TPSA) is 23.6 Å². The Balaban J connectivity index is 1.71. The number of benzene rings is 2. The van der Waals surface area contributed by atoms with Crippen LogP contribution in [0.1, 0.15) is 10.4 Å². The van der Waals surface area contributed by atoms with Crippen molar-refractivity contribution in [1.82, 2.24) is 0 Å². The Morgan fingerprint density at radius 2 is 1.35 bits per heavy atom. The number of hydrogen-bond acceptors (Lipinski definition) is 3.